The fraction of sp³-hybridized carbons (Fsp3) is 0.625. The summed E-state index contributed by atoms with van der Waals surface area (Å²) >= 11 is 0. The molecule has 0 aliphatic rings. The summed E-state index contributed by atoms with van der Waals surface area (Å²) in [6.07, 6.45) is 3.20. The zero-order chi connectivity index (χ0) is 14.1. The van der Waals surface area contributed by atoms with Crippen LogP contribution in [0.3, 0.4) is 0 Å². The molecule has 0 saturated heterocycles. The fourth-order valence-corrected chi connectivity index (χ4v) is 2.21. The average molecular weight is 266 g/mol. The topological polar surface area (TPSA) is 15.3 Å². The minimum Gasteiger partial charge on any atom is -0.369 e. The van der Waals surface area contributed by atoms with Crippen molar-refractivity contribution in [3.05, 3.63) is 29.6 Å². The van der Waals surface area contributed by atoms with Crippen LogP contribution in [-0.2, 0) is 6.54 Å². The highest BCUT2D eigenvalue weighted by Gasteiger charge is 2.10. The summed E-state index contributed by atoms with van der Waals surface area (Å²) in [4.78, 5) is 2.15. The van der Waals surface area contributed by atoms with E-state index in [0.29, 0.717) is 0 Å². The van der Waals surface area contributed by atoms with Gasteiger partial charge in [0.1, 0.15) is 5.82 Å². The van der Waals surface area contributed by atoms with Crippen molar-refractivity contribution in [1.82, 2.24) is 5.32 Å². The molecule has 0 bridgehead atoms. The second kappa shape index (κ2) is 8.92. The third-order valence-corrected chi connectivity index (χ3v) is 3.09. The largest absolute Gasteiger partial charge is 0.369 e. The van der Waals surface area contributed by atoms with Crippen LogP contribution in [0.2, 0.25) is 0 Å². The minimum atomic E-state index is -0.110. The predicted molar refractivity (Wildman–Crippen MR) is 81.2 cm³/mol. The summed E-state index contributed by atoms with van der Waals surface area (Å²) in [6, 6.07) is 5.46. The summed E-state index contributed by atoms with van der Waals surface area (Å²) in [7, 11) is 0. The number of nitrogens with one attached hydrogen (secondary N) is 1. The Morgan fingerprint density at radius 3 is 2.32 bits per heavy atom. The minimum absolute atomic E-state index is 0.110. The first-order valence-electron chi connectivity index (χ1n) is 7.47. The Labute approximate surface area is 117 Å². The second-order valence-corrected chi connectivity index (χ2v) is 4.95. The Hall–Kier alpha value is -1.09. The second-order valence-electron chi connectivity index (χ2n) is 4.95. The van der Waals surface area contributed by atoms with Crippen LogP contribution in [0.15, 0.2) is 18.2 Å². The molecule has 1 N–H and O–H groups in total. The lowest BCUT2D eigenvalue weighted by atomic mass is 10.1. The highest BCUT2D eigenvalue weighted by molar-refractivity contribution is 5.50. The standard InChI is InChI=1S/C16H27FN2/c1-4-9-18-13-14-7-8-15(17)16(12-14)19(10-5-2)11-6-3/h7-8,12,18H,4-6,9-11,13H2,1-3H3. The Morgan fingerprint density at radius 2 is 1.74 bits per heavy atom. The maximum Gasteiger partial charge on any atom is 0.146 e. The molecule has 0 heterocycles. The molecule has 3 heteroatoms. The molecule has 1 aromatic carbocycles. The first-order valence-corrected chi connectivity index (χ1v) is 7.47. The lowest BCUT2D eigenvalue weighted by Crippen LogP contribution is -2.26. The van der Waals surface area contributed by atoms with Gasteiger partial charge in [-0.15, -0.1) is 0 Å². The van der Waals surface area contributed by atoms with Crippen molar-refractivity contribution in [3.8, 4) is 0 Å². The van der Waals surface area contributed by atoms with E-state index >= 15 is 0 Å². The third kappa shape index (κ3) is 5.19. The Kier molecular flexibility index (Phi) is 7.49. The van der Waals surface area contributed by atoms with E-state index in [1.165, 1.54) is 0 Å². The van der Waals surface area contributed by atoms with E-state index in [-0.39, 0.29) is 5.82 Å². The van der Waals surface area contributed by atoms with Gasteiger partial charge in [0, 0.05) is 19.6 Å². The van der Waals surface area contributed by atoms with Crippen LogP contribution < -0.4 is 10.2 Å². The van der Waals surface area contributed by atoms with E-state index in [1.54, 1.807) is 6.07 Å². The van der Waals surface area contributed by atoms with Crippen LogP contribution in [0.4, 0.5) is 10.1 Å². The van der Waals surface area contributed by atoms with Crippen molar-refractivity contribution >= 4 is 5.69 Å². The van der Waals surface area contributed by atoms with Gasteiger partial charge >= 0.3 is 0 Å². The molecule has 0 radical (unpaired) electrons. The van der Waals surface area contributed by atoms with E-state index in [0.717, 1.165) is 56.7 Å². The molecule has 0 atom stereocenters. The normalized spacial score (nSPS) is 10.7. The van der Waals surface area contributed by atoms with Gasteiger partial charge in [0.2, 0.25) is 0 Å². The Balaban J connectivity index is 2.81. The van der Waals surface area contributed by atoms with E-state index in [2.05, 4.69) is 31.0 Å². The smallest absolute Gasteiger partial charge is 0.146 e. The number of hydrogen-bond donors (Lipinski definition) is 1. The number of halogens is 1. The van der Waals surface area contributed by atoms with Crippen molar-refractivity contribution in [2.75, 3.05) is 24.5 Å². The summed E-state index contributed by atoms with van der Waals surface area (Å²) in [5.41, 5.74) is 1.90. The molecule has 0 aliphatic carbocycles. The summed E-state index contributed by atoms with van der Waals surface area (Å²) in [6.45, 7) is 10.1. The summed E-state index contributed by atoms with van der Waals surface area (Å²) < 4.78 is 14.0. The van der Waals surface area contributed by atoms with Gasteiger partial charge in [-0.2, -0.15) is 0 Å². The number of anilines is 1. The molecule has 2 nitrogen and oxygen atoms in total. The van der Waals surface area contributed by atoms with Crippen LogP contribution >= 0.6 is 0 Å². The lowest BCUT2D eigenvalue weighted by molar-refractivity contribution is 0.610. The summed E-state index contributed by atoms with van der Waals surface area (Å²) in [5.74, 6) is -0.110. The summed E-state index contributed by atoms with van der Waals surface area (Å²) in [5, 5.41) is 3.36. The molecule has 0 saturated carbocycles. The van der Waals surface area contributed by atoms with Gasteiger partial charge in [-0.05, 0) is 43.5 Å². The molecule has 108 valence electrons. The number of benzene rings is 1. The Bertz CT molecular complexity index is 360. The average Bonchev–Trinajstić information content (AvgIpc) is 2.41. The maximum absolute atomic E-state index is 14.0. The zero-order valence-corrected chi connectivity index (χ0v) is 12.5. The first-order chi connectivity index (χ1) is 9.22. The maximum atomic E-state index is 14.0. The molecule has 0 fully saturated rings. The van der Waals surface area contributed by atoms with Gasteiger partial charge in [-0.3, -0.25) is 0 Å². The van der Waals surface area contributed by atoms with Crippen LogP contribution in [0.5, 0.6) is 0 Å². The van der Waals surface area contributed by atoms with Crippen LogP contribution in [0, 0.1) is 5.82 Å². The van der Waals surface area contributed by atoms with Gasteiger partial charge in [-0.1, -0.05) is 26.8 Å². The van der Waals surface area contributed by atoms with Gasteiger partial charge < -0.3 is 10.2 Å². The van der Waals surface area contributed by atoms with Crippen molar-refractivity contribution in [2.24, 2.45) is 0 Å². The Morgan fingerprint density at radius 1 is 1.05 bits per heavy atom. The molecule has 0 unspecified atom stereocenters. The van der Waals surface area contributed by atoms with E-state index in [4.69, 9.17) is 0 Å². The number of rotatable bonds is 9. The molecule has 1 aromatic rings. The highest BCUT2D eigenvalue weighted by Crippen LogP contribution is 2.21. The highest BCUT2D eigenvalue weighted by atomic mass is 19.1. The van der Waals surface area contributed by atoms with Crippen molar-refractivity contribution in [1.29, 1.82) is 0 Å². The monoisotopic (exact) mass is 266 g/mol. The molecule has 0 aromatic heterocycles. The van der Waals surface area contributed by atoms with Crippen LogP contribution in [-0.4, -0.2) is 19.6 Å². The fourth-order valence-electron chi connectivity index (χ4n) is 2.21. The van der Waals surface area contributed by atoms with Gasteiger partial charge in [-0.25, -0.2) is 4.39 Å². The first kappa shape index (κ1) is 16.0. The van der Waals surface area contributed by atoms with Gasteiger partial charge in [0.05, 0.1) is 5.69 Å². The van der Waals surface area contributed by atoms with Crippen LogP contribution in [0.1, 0.15) is 45.6 Å². The SMILES string of the molecule is CCCNCc1ccc(F)c(N(CCC)CCC)c1. The predicted octanol–water partition coefficient (Wildman–Crippen LogP) is 3.95. The molecular weight excluding hydrogens is 239 g/mol. The van der Waals surface area contributed by atoms with Crippen molar-refractivity contribution in [3.63, 3.8) is 0 Å². The number of hydrogen-bond acceptors (Lipinski definition) is 2. The van der Waals surface area contributed by atoms with E-state index in [1.807, 2.05) is 12.1 Å². The molecule has 19 heavy (non-hydrogen) atoms. The number of nitrogens with zero attached hydrogens (tertiary/aromatic N) is 1. The van der Waals surface area contributed by atoms with Gasteiger partial charge in [0.15, 0.2) is 0 Å². The molecule has 0 spiro atoms. The molecule has 0 aliphatic heterocycles. The molecule has 1 rings (SSSR count). The lowest BCUT2D eigenvalue weighted by Gasteiger charge is -2.25. The quantitative estimate of drug-likeness (QED) is 0.681. The van der Waals surface area contributed by atoms with Crippen molar-refractivity contribution in [2.45, 2.75) is 46.6 Å². The third-order valence-electron chi connectivity index (χ3n) is 3.09. The zero-order valence-electron chi connectivity index (χ0n) is 12.5. The molecular formula is C16H27FN2. The van der Waals surface area contributed by atoms with Gasteiger partial charge in [0.25, 0.3) is 0 Å². The van der Waals surface area contributed by atoms with E-state index in [9.17, 15) is 4.39 Å². The molecule has 0 amide bonds. The van der Waals surface area contributed by atoms with E-state index < -0.39 is 0 Å². The van der Waals surface area contributed by atoms with Crippen LogP contribution in [0.25, 0.3) is 0 Å². The van der Waals surface area contributed by atoms with Crippen molar-refractivity contribution < 1.29 is 4.39 Å².